The topological polar surface area (TPSA) is 78.9 Å². The van der Waals surface area contributed by atoms with Crippen molar-refractivity contribution in [3.05, 3.63) is 42.0 Å². The molecule has 25 heavy (non-hydrogen) atoms. The molecule has 0 aliphatic carbocycles. The van der Waals surface area contributed by atoms with E-state index in [1.165, 1.54) is 23.9 Å². The predicted octanol–water partition coefficient (Wildman–Crippen LogP) is 2.94. The average Bonchev–Trinajstić information content (AvgIpc) is 3.36. The van der Waals surface area contributed by atoms with Gasteiger partial charge in [-0.2, -0.15) is 0 Å². The summed E-state index contributed by atoms with van der Waals surface area (Å²) in [6, 6.07) is 6.04. The van der Waals surface area contributed by atoms with Crippen LogP contribution in [0.25, 0.3) is 11.5 Å². The number of hydrogen-bond acceptors (Lipinski definition) is 7. The lowest BCUT2D eigenvalue weighted by Gasteiger charge is -2.09. The van der Waals surface area contributed by atoms with Gasteiger partial charge in [0.1, 0.15) is 12.1 Å². The van der Waals surface area contributed by atoms with Gasteiger partial charge in [-0.05, 0) is 47.5 Å². The maximum Gasteiger partial charge on any atom is 0.226 e. The van der Waals surface area contributed by atoms with Crippen LogP contribution in [0.3, 0.4) is 0 Å². The summed E-state index contributed by atoms with van der Waals surface area (Å²) >= 11 is 1.49. The average molecular weight is 361 g/mol. The first-order chi connectivity index (χ1) is 12.3. The second-order valence-electron chi connectivity index (χ2n) is 5.72. The summed E-state index contributed by atoms with van der Waals surface area (Å²) in [4.78, 5) is 4.43. The molecule has 1 atom stereocenters. The van der Waals surface area contributed by atoms with Crippen molar-refractivity contribution in [2.24, 2.45) is 0 Å². The van der Waals surface area contributed by atoms with E-state index in [2.05, 4.69) is 20.5 Å². The lowest BCUT2D eigenvalue weighted by Crippen LogP contribution is -2.16. The van der Waals surface area contributed by atoms with Gasteiger partial charge in [0.05, 0.1) is 18.3 Å². The van der Waals surface area contributed by atoms with E-state index in [1.807, 2.05) is 0 Å². The number of thioether (sulfide) groups is 1. The number of rotatable bonds is 6. The monoisotopic (exact) mass is 361 g/mol. The van der Waals surface area contributed by atoms with Crippen LogP contribution in [0, 0.1) is 5.82 Å². The standard InChI is InChI=1S/C16H16FN5O2S/c17-12-5-3-11(4-6-12)15-18-13(9-24-15)10-25-16-19-20-21-22(16)8-14-2-1-7-23-14/h3-6,9,14H,1-2,7-8,10H2. The van der Waals surface area contributed by atoms with Crippen LogP contribution in [-0.2, 0) is 17.0 Å². The minimum Gasteiger partial charge on any atom is -0.444 e. The quantitative estimate of drug-likeness (QED) is 0.625. The second-order valence-corrected chi connectivity index (χ2v) is 6.66. The van der Waals surface area contributed by atoms with Gasteiger partial charge in [0, 0.05) is 17.9 Å². The van der Waals surface area contributed by atoms with Gasteiger partial charge in [-0.3, -0.25) is 0 Å². The normalized spacial score (nSPS) is 17.2. The third kappa shape index (κ3) is 3.88. The van der Waals surface area contributed by atoms with E-state index in [0.29, 0.717) is 18.2 Å². The zero-order chi connectivity index (χ0) is 17.1. The Morgan fingerprint density at radius 1 is 1.28 bits per heavy atom. The Bertz CT molecular complexity index is 829. The Kier molecular flexibility index (Phi) is 4.75. The minimum atomic E-state index is -0.288. The molecule has 0 amide bonds. The number of nitrogens with zero attached hydrogens (tertiary/aromatic N) is 5. The highest BCUT2D eigenvalue weighted by atomic mass is 32.2. The van der Waals surface area contributed by atoms with Gasteiger partial charge in [0.15, 0.2) is 0 Å². The van der Waals surface area contributed by atoms with Crippen LogP contribution in [0.4, 0.5) is 4.39 Å². The van der Waals surface area contributed by atoms with E-state index >= 15 is 0 Å². The Hall–Kier alpha value is -2.26. The van der Waals surface area contributed by atoms with E-state index in [4.69, 9.17) is 9.15 Å². The first kappa shape index (κ1) is 16.2. The number of tetrazole rings is 1. The fraction of sp³-hybridized carbons (Fsp3) is 0.375. The van der Waals surface area contributed by atoms with Crippen LogP contribution < -0.4 is 0 Å². The fourth-order valence-corrected chi connectivity index (χ4v) is 3.40. The summed E-state index contributed by atoms with van der Waals surface area (Å²) in [5, 5.41) is 12.6. The van der Waals surface area contributed by atoms with Crippen LogP contribution in [-0.4, -0.2) is 37.9 Å². The number of hydrogen-bond donors (Lipinski definition) is 0. The molecular weight excluding hydrogens is 345 g/mol. The highest BCUT2D eigenvalue weighted by Crippen LogP contribution is 2.24. The van der Waals surface area contributed by atoms with Gasteiger partial charge in [-0.25, -0.2) is 14.1 Å². The zero-order valence-corrected chi connectivity index (χ0v) is 14.2. The molecule has 0 bridgehead atoms. The van der Waals surface area contributed by atoms with Gasteiger partial charge in [0.25, 0.3) is 0 Å². The maximum atomic E-state index is 13.0. The second kappa shape index (κ2) is 7.32. The summed E-state index contributed by atoms with van der Waals surface area (Å²) < 4.78 is 25.8. The summed E-state index contributed by atoms with van der Waals surface area (Å²) in [5.74, 6) is 0.759. The van der Waals surface area contributed by atoms with E-state index in [1.54, 1.807) is 23.1 Å². The molecular formula is C16H16FN5O2S. The van der Waals surface area contributed by atoms with Crippen molar-refractivity contribution in [1.82, 2.24) is 25.2 Å². The van der Waals surface area contributed by atoms with Gasteiger partial charge in [-0.1, -0.05) is 11.8 Å². The number of halogens is 1. The molecule has 1 aliphatic rings. The zero-order valence-electron chi connectivity index (χ0n) is 13.3. The molecule has 7 nitrogen and oxygen atoms in total. The van der Waals surface area contributed by atoms with Gasteiger partial charge in [0.2, 0.25) is 11.0 Å². The van der Waals surface area contributed by atoms with Crippen molar-refractivity contribution < 1.29 is 13.5 Å². The largest absolute Gasteiger partial charge is 0.444 e. The molecule has 0 N–H and O–H groups in total. The van der Waals surface area contributed by atoms with Crippen molar-refractivity contribution in [3.8, 4) is 11.5 Å². The summed E-state index contributed by atoms with van der Waals surface area (Å²) in [7, 11) is 0. The molecule has 3 aromatic rings. The highest BCUT2D eigenvalue weighted by molar-refractivity contribution is 7.98. The van der Waals surface area contributed by atoms with Gasteiger partial charge >= 0.3 is 0 Å². The van der Waals surface area contributed by atoms with Crippen molar-refractivity contribution in [1.29, 1.82) is 0 Å². The minimum absolute atomic E-state index is 0.181. The summed E-state index contributed by atoms with van der Waals surface area (Å²) in [6.45, 7) is 1.47. The van der Waals surface area contributed by atoms with Gasteiger partial charge in [-0.15, -0.1) is 5.10 Å². The molecule has 3 heterocycles. The Morgan fingerprint density at radius 2 is 2.16 bits per heavy atom. The molecule has 9 heteroatoms. The Balaban J connectivity index is 1.39. The number of ether oxygens (including phenoxy) is 1. The molecule has 1 aliphatic heterocycles. The molecule has 130 valence electrons. The molecule has 0 spiro atoms. The summed E-state index contributed by atoms with van der Waals surface area (Å²) in [6.07, 6.45) is 3.90. The van der Waals surface area contributed by atoms with Crippen molar-refractivity contribution in [3.63, 3.8) is 0 Å². The molecule has 1 saturated heterocycles. The predicted molar refractivity (Wildman–Crippen MR) is 88.2 cm³/mol. The molecule has 2 aromatic heterocycles. The molecule has 0 saturated carbocycles. The number of aromatic nitrogens is 5. The Labute approximate surface area is 147 Å². The molecule has 0 radical (unpaired) electrons. The van der Waals surface area contributed by atoms with E-state index in [-0.39, 0.29) is 11.9 Å². The van der Waals surface area contributed by atoms with Crippen molar-refractivity contribution in [2.75, 3.05) is 6.61 Å². The van der Waals surface area contributed by atoms with E-state index in [9.17, 15) is 4.39 Å². The highest BCUT2D eigenvalue weighted by Gasteiger charge is 2.19. The molecule has 4 rings (SSSR count). The van der Waals surface area contributed by atoms with E-state index in [0.717, 1.165) is 35.9 Å². The lowest BCUT2D eigenvalue weighted by atomic mass is 10.2. The van der Waals surface area contributed by atoms with Crippen LogP contribution in [0.5, 0.6) is 0 Å². The maximum absolute atomic E-state index is 13.0. The molecule has 1 aromatic carbocycles. The van der Waals surface area contributed by atoms with Crippen molar-refractivity contribution >= 4 is 11.8 Å². The summed E-state index contributed by atoms with van der Waals surface area (Å²) in [5.41, 5.74) is 1.51. The van der Waals surface area contributed by atoms with Crippen molar-refractivity contribution in [2.45, 2.75) is 36.4 Å². The van der Waals surface area contributed by atoms with Crippen LogP contribution in [0.1, 0.15) is 18.5 Å². The third-order valence-electron chi connectivity index (χ3n) is 3.89. The Morgan fingerprint density at radius 3 is 2.96 bits per heavy atom. The third-order valence-corrected chi connectivity index (χ3v) is 4.88. The van der Waals surface area contributed by atoms with Crippen LogP contribution in [0.2, 0.25) is 0 Å². The first-order valence-corrected chi connectivity index (χ1v) is 8.97. The smallest absolute Gasteiger partial charge is 0.226 e. The van der Waals surface area contributed by atoms with Crippen LogP contribution >= 0.6 is 11.8 Å². The van der Waals surface area contributed by atoms with E-state index < -0.39 is 0 Å². The van der Waals surface area contributed by atoms with Gasteiger partial charge < -0.3 is 9.15 Å². The lowest BCUT2D eigenvalue weighted by molar-refractivity contribution is 0.0912. The first-order valence-electron chi connectivity index (χ1n) is 7.99. The number of benzene rings is 1. The SMILES string of the molecule is Fc1ccc(-c2nc(CSc3nnnn3CC3CCCO3)co2)cc1. The molecule has 1 unspecified atom stereocenters. The van der Waals surface area contributed by atoms with Crippen LogP contribution in [0.15, 0.2) is 40.1 Å². The fourth-order valence-electron chi connectivity index (χ4n) is 2.63. The number of oxazole rings is 1. The molecule has 1 fully saturated rings.